The Balaban J connectivity index is 2.44. The van der Waals surface area contributed by atoms with Crippen molar-refractivity contribution < 1.29 is 9.13 Å². The molecule has 0 aliphatic heterocycles. The Kier molecular flexibility index (Phi) is 3.52. The number of halogens is 2. The van der Waals surface area contributed by atoms with Crippen LogP contribution in [0.25, 0.3) is 0 Å². The van der Waals surface area contributed by atoms with E-state index in [1.165, 1.54) is 40.1 Å². The molecule has 2 rings (SSSR count). The predicted molar refractivity (Wildman–Crippen MR) is 63.2 cm³/mol. The molecule has 7 heteroatoms. The van der Waals surface area contributed by atoms with Gasteiger partial charge in [-0.15, -0.1) is 0 Å². The fourth-order valence-corrected chi connectivity index (χ4v) is 3.06. The fourth-order valence-electron chi connectivity index (χ4n) is 1.07. The van der Waals surface area contributed by atoms with Crippen molar-refractivity contribution in [2.75, 3.05) is 7.11 Å². The summed E-state index contributed by atoms with van der Waals surface area (Å²) in [5.41, 5.74) is 0.483. The van der Waals surface area contributed by atoms with Gasteiger partial charge in [0, 0.05) is 16.6 Å². The van der Waals surface area contributed by atoms with Gasteiger partial charge in [-0.1, -0.05) is 11.6 Å². The highest BCUT2D eigenvalue weighted by atomic mass is 35.5. The molecular weight excluding hydrogens is 271 g/mol. The molecule has 0 amide bonds. The average Bonchev–Trinajstić information content (AvgIpc) is 2.65. The van der Waals surface area contributed by atoms with E-state index in [-0.39, 0.29) is 5.75 Å². The molecule has 16 heavy (non-hydrogen) atoms. The van der Waals surface area contributed by atoms with E-state index in [0.717, 1.165) is 0 Å². The quantitative estimate of drug-likeness (QED) is 0.789. The minimum absolute atomic E-state index is 0.192. The number of benzene rings is 1. The molecule has 0 fully saturated rings. The third-order valence-corrected chi connectivity index (χ3v) is 3.95. The van der Waals surface area contributed by atoms with Gasteiger partial charge >= 0.3 is 0 Å². The second kappa shape index (κ2) is 4.90. The molecule has 0 spiro atoms. The summed E-state index contributed by atoms with van der Waals surface area (Å²) in [4.78, 5) is 4.18. The molecule has 1 aromatic heterocycles. The highest BCUT2D eigenvalue weighted by Crippen LogP contribution is 2.22. The van der Waals surface area contributed by atoms with Crippen LogP contribution in [0.5, 0.6) is 5.75 Å². The summed E-state index contributed by atoms with van der Waals surface area (Å²) in [6.45, 7) is 0. The highest BCUT2D eigenvalue weighted by molar-refractivity contribution is 7.66. The maximum atomic E-state index is 13.4. The Hall–Kier alpha value is -0.980. The molecule has 0 saturated carbocycles. The first-order valence-electron chi connectivity index (χ1n) is 4.20. The van der Waals surface area contributed by atoms with Crippen LogP contribution in [-0.2, 0) is 0 Å². The van der Waals surface area contributed by atoms with Gasteiger partial charge in [0.2, 0.25) is 0 Å². The van der Waals surface area contributed by atoms with Crippen LogP contribution in [0.15, 0.2) is 23.2 Å². The normalized spacial score (nSPS) is 11.8. The molecular formula is C9H6ClFN2OS2. The van der Waals surface area contributed by atoms with Gasteiger partial charge in [-0.25, -0.2) is 9.38 Å². The lowest BCUT2D eigenvalue weighted by Crippen LogP contribution is -1.93. The number of ether oxygens (including phenoxy) is 1. The van der Waals surface area contributed by atoms with Gasteiger partial charge in [-0.3, -0.25) is 0 Å². The van der Waals surface area contributed by atoms with E-state index in [4.69, 9.17) is 16.3 Å². The maximum Gasteiger partial charge on any atom is 0.179 e. The summed E-state index contributed by atoms with van der Waals surface area (Å²) >= 11 is 5.79. The number of methoxy groups -OCH3 is 1. The lowest BCUT2D eigenvalue weighted by molar-refractivity contribution is 0.386. The van der Waals surface area contributed by atoms with E-state index in [2.05, 4.69) is 9.37 Å². The van der Waals surface area contributed by atoms with Crippen LogP contribution in [0.3, 0.4) is 0 Å². The maximum absolute atomic E-state index is 13.4. The first kappa shape index (κ1) is 11.5. The van der Waals surface area contributed by atoms with E-state index >= 15 is 0 Å². The number of hydrogen-bond acceptors (Lipinski definition) is 5. The molecule has 2 aromatic rings. The van der Waals surface area contributed by atoms with E-state index in [1.54, 1.807) is 6.07 Å². The van der Waals surface area contributed by atoms with Gasteiger partial charge in [-0.2, -0.15) is 4.37 Å². The molecule has 1 aromatic carbocycles. The lowest BCUT2D eigenvalue weighted by Gasteiger charge is -2.00. The largest absolute Gasteiger partial charge is 0.494 e. The first-order chi connectivity index (χ1) is 7.70. The van der Waals surface area contributed by atoms with E-state index < -0.39 is 5.82 Å². The molecule has 84 valence electrons. The minimum atomic E-state index is -0.451. The standard InChI is InChI=1S/C9H6ClFN2OS2/c1-14-7-3-2-5(4-6(7)11)12-9-8(10)13-16-15-9/h2-4H,1H3. The molecule has 0 atom stereocenters. The number of aromatic nitrogens is 1. The van der Waals surface area contributed by atoms with Gasteiger partial charge in [0.1, 0.15) is 0 Å². The Labute approximate surface area is 103 Å². The summed E-state index contributed by atoms with van der Waals surface area (Å²) in [6.07, 6.45) is 0. The minimum Gasteiger partial charge on any atom is -0.494 e. The molecule has 0 radical (unpaired) electrons. The number of nitrogens with zero attached hydrogens (tertiary/aromatic N) is 2. The average molecular weight is 277 g/mol. The van der Waals surface area contributed by atoms with Crippen LogP contribution in [0.4, 0.5) is 10.1 Å². The van der Waals surface area contributed by atoms with Crippen molar-refractivity contribution >= 4 is 38.2 Å². The van der Waals surface area contributed by atoms with Gasteiger partial charge in [0.15, 0.2) is 21.4 Å². The van der Waals surface area contributed by atoms with E-state index in [0.29, 0.717) is 15.5 Å². The topological polar surface area (TPSA) is 34.5 Å². The zero-order chi connectivity index (χ0) is 11.5. The SMILES string of the molecule is COc1ccc(N=c2ssnc2Cl)cc1F. The van der Waals surface area contributed by atoms with Gasteiger partial charge in [-0.05, 0) is 22.5 Å². The van der Waals surface area contributed by atoms with Crippen LogP contribution in [-0.4, -0.2) is 11.5 Å². The summed E-state index contributed by atoms with van der Waals surface area (Å²) in [6, 6.07) is 4.47. The lowest BCUT2D eigenvalue weighted by atomic mass is 10.3. The zero-order valence-electron chi connectivity index (χ0n) is 8.11. The number of hydrogen-bond donors (Lipinski definition) is 0. The molecule has 0 saturated heterocycles. The monoisotopic (exact) mass is 276 g/mol. The van der Waals surface area contributed by atoms with Crippen molar-refractivity contribution in [2.24, 2.45) is 4.99 Å². The Bertz CT molecular complexity index is 567. The Morgan fingerprint density at radius 2 is 2.31 bits per heavy atom. The smallest absolute Gasteiger partial charge is 0.179 e. The molecule has 3 nitrogen and oxygen atoms in total. The molecule has 0 unspecified atom stereocenters. The Morgan fingerprint density at radius 1 is 1.50 bits per heavy atom. The second-order valence-electron chi connectivity index (χ2n) is 2.78. The van der Waals surface area contributed by atoms with Gasteiger partial charge < -0.3 is 4.74 Å². The summed E-state index contributed by atoms with van der Waals surface area (Å²) in [7, 11) is 4.00. The highest BCUT2D eigenvalue weighted by Gasteiger charge is 2.03. The number of rotatable bonds is 2. The first-order valence-corrected chi connectivity index (χ1v) is 6.69. The predicted octanol–water partition coefficient (Wildman–Crippen LogP) is 3.24. The second-order valence-corrected chi connectivity index (χ2v) is 4.97. The summed E-state index contributed by atoms with van der Waals surface area (Å²) in [5, 5.41) is 0.339. The molecule has 0 aliphatic rings. The van der Waals surface area contributed by atoms with E-state index in [1.807, 2.05) is 0 Å². The van der Waals surface area contributed by atoms with Crippen LogP contribution < -0.4 is 9.41 Å². The molecule has 0 bridgehead atoms. The third-order valence-electron chi connectivity index (χ3n) is 1.78. The Morgan fingerprint density at radius 3 is 2.88 bits per heavy atom. The van der Waals surface area contributed by atoms with E-state index in [9.17, 15) is 4.39 Å². The fraction of sp³-hybridized carbons (Fsp3) is 0.111. The van der Waals surface area contributed by atoms with Crippen molar-refractivity contribution in [3.63, 3.8) is 0 Å². The van der Waals surface area contributed by atoms with Crippen molar-refractivity contribution in [3.8, 4) is 5.75 Å². The van der Waals surface area contributed by atoms with Crippen molar-refractivity contribution in [2.45, 2.75) is 0 Å². The van der Waals surface area contributed by atoms with Crippen molar-refractivity contribution in [1.29, 1.82) is 0 Å². The third kappa shape index (κ3) is 2.40. The van der Waals surface area contributed by atoms with Crippen molar-refractivity contribution in [1.82, 2.24) is 4.37 Å². The van der Waals surface area contributed by atoms with Crippen LogP contribution in [0, 0.1) is 5.82 Å². The van der Waals surface area contributed by atoms with Gasteiger partial charge in [0.05, 0.1) is 12.8 Å². The van der Waals surface area contributed by atoms with Crippen LogP contribution >= 0.6 is 32.5 Å². The van der Waals surface area contributed by atoms with Crippen molar-refractivity contribution in [3.05, 3.63) is 33.8 Å². The zero-order valence-corrected chi connectivity index (χ0v) is 10.5. The van der Waals surface area contributed by atoms with Crippen LogP contribution in [0.1, 0.15) is 0 Å². The summed E-state index contributed by atoms with van der Waals surface area (Å²) < 4.78 is 22.6. The van der Waals surface area contributed by atoms with Gasteiger partial charge in [0.25, 0.3) is 0 Å². The summed E-state index contributed by atoms with van der Waals surface area (Å²) in [5.74, 6) is -0.259. The molecule has 0 aliphatic carbocycles. The molecule has 1 heterocycles. The van der Waals surface area contributed by atoms with Crippen LogP contribution in [0.2, 0.25) is 5.15 Å². The molecule has 0 N–H and O–H groups in total.